The number of likely N-dealkylation sites (N-methyl/N-ethyl adjacent to an activating group) is 1. The molecular weight excluding hydrogens is 200 g/mol. The van der Waals surface area contributed by atoms with Gasteiger partial charge < -0.3 is 10.4 Å². The minimum Gasteiger partial charge on any atom is -0.392 e. The van der Waals surface area contributed by atoms with Gasteiger partial charge in [0.1, 0.15) is 0 Å². The van der Waals surface area contributed by atoms with Gasteiger partial charge >= 0.3 is 0 Å². The van der Waals surface area contributed by atoms with Gasteiger partial charge in [-0.1, -0.05) is 20.8 Å². The highest BCUT2D eigenvalue weighted by molar-refractivity contribution is 5.02. The maximum absolute atomic E-state index is 9.69. The maximum Gasteiger partial charge on any atom is 0.0621 e. The molecule has 16 heavy (non-hydrogen) atoms. The molecule has 0 aromatic rings. The highest BCUT2D eigenvalue weighted by Crippen LogP contribution is 2.40. The number of rotatable bonds is 4. The van der Waals surface area contributed by atoms with Crippen LogP contribution < -0.4 is 5.32 Å². The maximum atomic E-state index is 9.69. The number of hydrogen-bond acceptors (Lipinski definition) is 3. The van der Waals surface area contributed by atoms with Crippen LogP contribution in [0.5, 0.6) is 0 Å². The van der Waals surface area contributed by atoms with Crippen LogP contribution in [0.15, 0.2) is 0 Å². The van der Waals surface area contributed by atoms with E-state index in [2.05, 4.69) is 31.0 Å². The third-order valence-corrected chi connectivity index (χ3v) is 4.72. The molecular formula is C13H26N2O. The van der Waals surface area contributed by atoms with Gasteiger partial charge in [-0.2, -0.15) is 0 Å². The van der Waals surface area contributed by atoms with E-state index in [-0.39, 0.29) is 11.5 Å². The molecule has 1 aliphatic carbocycles. The molecule has 2 aliphatic rings. The minimum atomic E-state index is -0.115. The Morgan fingerprint density at radius 3 is 2.75 bits per heavy atom. The third-order valence-electron chi connectivity index (χ3n) is 4.72. The fourth-order valence-corrected chi connectivity index (χ4v) is 3.07. The van der Waals surface area contributed by atoms with E-state index in [4.69, 9.17) is 0 Å². The first-order chi connectivity index (χ1) is 7.55. The van der Waals surface area contributed by atoms with Gasteiger partial charge in [0.05, 0.1) is 6.10 Å². The van der Waals surface area contributed by atoms with Crippen LogP contribution in [0.4, 0.5) is 0 Å². The summed E-state index contributed by atoms with van der Waals surface area (Å²) in [5.41, 5.74) is 0.0651. The molecule has 0 aromatic carbocycles. The molecule has 0 aromatic heterocycles. The Labute approximate surface area is 99.2 Å². The van der Waals surface area contributed by atoms with Crippen molar-refractivity contribution >= 4 is 0 Å². The smallest absolute Gasteiger partial charge is 0.0621 e. The van der Waals surface area contributed by atoms with Gasteiger partial charge in [0.15, 0.2) is 0 Å². The molecule has 0 spiro atoms. The zero-order valence-corrected chi connectivity index (χ0v) is 10.9. The molecule has 3 atom stereocenters. The lowest BCUT2D eigenvalue weighted by Gasteiger charge is -2.50. The van der Waals surface area contributed by atoms with Gasteiger partial charge in [-0.15, -0.1) is 0 Å². The van der Waals surface area contributed by atoms with E-state index in [0.29, 0.717) is 6.04 Å². The molecule has 0 amide bonds. The van der Waals surface area contributed by atoms with Crippen LogP contribution >= 0.6 is 0 Å². The van der Waals surface area contributed by atoms with E-state index < -0.39 is 0 Å². The molecule has 3 heteroatoms. The monoisotopic (exact) mass is 226 g/mol. The summed E-state index contributed by atoms with van der Waals surface area (Å²) >= 11 is 0. The highest BCUT2D eigenvalue weighted by atomic mass is 16.3. The second kappa shape index (κ2) is 4.63. The van der Waals surface area contributed by atoms with Crippen molar-refractivity contribution in [1.29, 1.82) is 0 Å². The minimum absolute atomic E-state index is 0.0651. The lowest BCUT2D eigenvalue weighted by atomic mass is 9.64. The molecule has 3 unspecified atom stereocenters. The summed E-state index contributed by atoms with van der Waals surface area (Å²) in [5, 5.41) is 13.3. The molecule has 2 rings (SSSR count). The number of nitrogens with zero attached hydrogens (tertiary/aromatic N) is 1. The summed E-state index contributed by atoms with van der Waals surface area (Å²) in [5.74, 6) is 0. The van der Waals surface area contributed by atoms with Gasteiger partial charge in [0, 0.05) is 24.0 Å². The first-order valence-electron chi connectivity index (χ1n) is 6.71. The SMILES string of the molecule is CCN1CCCC1CNC1CC(O)C1(C)C. The lowest BCUT2D eigenvalue weighted by molar-refractivity contribution is -0.0734. The quantitative estimate of drug-likeness (QED) is 0.756. The van der Waals surface area contributed by atoms with Gasteiger partial charge in [-0.05, 0) is 32.4 Å². The number of aliphatic hydroxyl groups is 1. The zero-order chi connectivity index (χ0) is 11.8. The Morgan fingerprint density at radius 1 is 1.44 bits per heavy atom. The molecule has 3 nitrogen and oxygen atoms in total. The van der Waals surface area contributed by atoms with Crippen LogP contribution in [0.2, 0.25) is 0 Å². The van der Waals surface area contributed by atoms with Crippen molar-refractivity contribution in [3.05, 3.63) is 0 Å². The first kappa shape index (κ1) is 12.3. The van der Waals surface area contributed by atoms with Crippen molar-refractivity contribution in [3.63, 3.8) is 0 Å². The summed E-state index contributed by atoms with van der Waals surface area (Å²) in [6, 6.07) is 1.22. The van der Waals surface area contributed by atoms with Crippen LogP contribution in [0.1, 0.15) is 40.0 Å². The molecule has 2 fully saturated rings. The second-order valence-electron chi connectivity index (χ2n) is 5.96. The molecule has 1 heterocycles. The van der Waals surface area contributed by atoms with Crippen LogP contribution in [0.3, 0.4) is 0 Å². The summed E-state index contributed by atoms with van der Waals surface area (Å²) < 4.78 is 0. The molecule has 0 bridgehead atoms. The highest BCUT2D eigenvalue weighted by Gasteiger charge is 2.47. The van der Waals surface area contributed by atoms with E-state index in [1.165, 1.54) is 25.9 Å². The topological polar surface area (TPSA) is 35.5 Å². The summed E-state index contributed by atoms with van der Waals surface area (Å²) in [4.78, 5) is 2.56. The van der Waals surface area contributed by atoms with Crippen molar-refractivity contribution in [3.8, 4) is 0 Å². The van der Waals surface area contributed by atoms with E-state index in [0.717, 1.165) is 19.0 Å². The molecule has 1 saturated heterocycles. The molecule has 1 aliphatic heterocycles. The van der Waals surface area contributed by atoms with Gasteiger partial charge in [0.25, 0.3) is 0 Å². The summed E-state index contributed by atoms with van der Waals surface area (Å²) in [6.07, 6.45) is 3.48. The standard InChI is InChI=1S/C13H26N2O/c1-4-15-7-5-6-10(15)9-14-11-8-12(16)13(11,2)3/h10-12,14,16H,4-9H2,1-3H3. The number of likely N-dealkylation sites (tertiary alicyclic amines) is 1. The Kier molecular flexibility index (Phi) is 3.57. The fourth-order valence-electron chi connectivity index (χ4n) is 3.07. The van der Waals surface area contributed by atoms with E-state index >= 15 is 0 Å². The lowest BCUT2D eigenvalue weighted by Crippen LogP contribution is -2.61. The van der Waals surface area contributed by atoms with Gasteiger partial charge in [0.2, 0.25) is 0 Å². The molecule has 94 valence electrons. The zero-order valence-electron chi connectivity index (χ0n) is 10.9. The number of hydrogen-bond donors (Lipinski definition) is 2. The summed E-state index contributed by atoms with van der Waals surface area (Å²) in [6.45, 7) is 10.1. The van der Waals surface area contributed by atoms with Gasteiger partial charge in [-0.25, -0.2) is 0 Å². The number of aliphatic hydroxyl groups excluding tert-OH is 1. The summed E-state index contributed by atoms with van der Waals surface area (Å²) in [7, 11) is 0. The first-order valence-corrected chi connectivity index (χ1v) is 6.71. The van der Waals surface area contributed by atoms with Crippen LogP contribution in [0.25, 0.3) is 0 Å². The second-order valence-corrected chi connectivity index (χ2v) is 5.96. The van der Waals surface area contributed by atoms with Crippen molar-refractivity contribution < 1.29 is 5.11 Å². The Balaban J connectivity index is 1.76. The average molecular weight is 226 g/mol. The fraction of sp³-hybridized carbons (Fsp3) is 1.00. The van der Waals surface area contributed by atoms with Crippen molar-refractivity contribution in [2.45, 2.75) is 58.2 Å². The van der Waals surface area contributed by atoms with Crippen LogP contribution in [0, 0.1) is 5.41 Å². The Hall–Kier alpha value is -0.120. The molecule has 2 N–H and O–H groups in total. The predicted molar refractivity (Wildman–Crippen MR) is 66.5 cm³/mol. The Bertz CT molecular complexity index is 240. The predicted octanol–water partition coefficient (Wildman–Crippen LogP) is 1.22. The van der Waals surface area contributed by atoms with Crippen LogP contribution in [-0.2, 0) is 0 Å². The van der Waals surface area contributed by atoms with E-state index in [1.54, 1.807) is 0 Å². The van der Waals surface area contributed by atoms with E-state index in [9.17, 15) is 5.11 Å². The van der Waals surface area contributed by atoms with Crippen molar-refractivity contribution in [2.75, 3.05) is 19.6 Å². The largest absolute Gasteiger partial charge is 0.392 e. The molecule has 1 saturated carbocycles. The van der Waals surface area contributed by atoms with Crippen molar-refractivity contribution in [1.82, 2.24) is 10.2 Å². The van der Waals surface area contributed by atoms with Crippen molar-refractivity contribution in [2.24, 2.45) is 5.41 Å². The Morgan fingerprint density at radius 2 is 2.19 bits per heavy atom. The normalized spacial score (nSPS) is 38.6. The molecule has 0 radical (unpaired) electrons. The average Bonchev–Trinajstić information content (AvgIpc) is 2.71. The van der Waals surface area contributed by atoms with Gasteiger partial charge in [-0.3, -0.25) is 4.90 Å². The van der Waals surface area contributed by atoms with E-state index in [1.807, 2.05) is 0 Å². The third kappa shape index (κ3) is 2.13. The van der Waals surface area contributed by atoms with Crippen LogP contribution in [-0.4, -0.2) is 47.8 Å². The number of nitrogens with one attached hydrogen (secondary N) is 1.